The molecular formula is C58H107NO8. The standard InChI is InChI=1S/C58H107NO8/c1-3-5-7-9-11-13-15-17-19-21-23-25-26-28-30-32-34-36-38-40-42-44-46-48-54(62)59-51(50-66-58-57(65)56(64)55(63)53(49-60)67-58)52(61)47-45-43-41-39-37-35-33-31-29-27-24-22-20-18-16-14-12-10-8-6-4-2/h23,25,28,30,37,39,45,47,51-53,55-58,60-61,63-65H,3-22,24,26-27,29,31-36,38,40-44,46,48-50H2,1-2H3,(H,59,62)/b25-23-,30-28-,39-37+,47-45+. The third kappa shape index (κ3) is 37.6. The van der Waals surface area contributed by atoms with Crippen LogP contribution in [0.3, 0.4) is 0 Å². The summed E-state index contributed by atoms with van der Waals surface area (Å²) in [5.41, 5.74) is 0. The van der Waals surface area contributed by atoms with E-state index in [9.17, 15) is 30.3 Å². The van der Waals surface area contributed by atoms with Gasteiger partial charge in [-0.2, -0.15) is 0 Å². The second-order valence-electron chi connectivity index (χ2n) is 19.7. The summed E-state index contributed by atoms with van der Waals surface area (Å²) in [5.74, 6) is -0.193. The lowest BCUT2D eigenvalue weighted by Gasteiger charge is -2.40. The van der Waals surface area contributed by atoms with Crippen LogP contribution in [0.15, 0.2) is 48.6 Å². The number of unbranched alkanes of at least 4 members (excludes halogenated alkanes) is 32. The lowest BCUT2D eigenvalue weighted by molar-refractivity contribution is -0.302. The number of ether oxygens (including phenoxy) is 2. The topological polar surface area (TPSA) is 149 Å². The van der Waals surface area contributed by atoms with Crippen LogP contribution in [0.25, 0.3) is 0 Å². The Morgan fingerprint density at radius 2 is 0.896 bits per heavy atom. The second kappa shape index (κ2) is 47.8. The Morgan fingerprint density at radius 3 is 1.34 bits per heavy atom. The number of aliphatic hydroxyl groups excluding tert-OH is 5. The van der Waals surface area contributed by atoms with E-state index in [2.05, 4.69) is 55.6 Å². The fourth-order valence-corrected chi connectivity index (χ4v) is 8.85. The highest BCUT2D eigenvalue weighted by atomic mass is 16.7. The molecular weight excluding hydrogens is 839 g/mol. The number of aliphatic hydroxyl groups is 5. The zero-order valence-corrected chi connectivity index (χ0v) is 43.4. The van der Waals surface area contributed by atoms with Gasteiger partial charge in [0.05, 0.1) is 25.4 Å². The summed E-state index contributed by atoms with van der Waals surface area (Å²) in [6, 6.07) is -0.827. The molecule has 1 amide bonds. The van der Waals surface area contributed by atoms with Crippen molar-refractivity contribution < 1.29 is 39.8 Å². The summed E-state index contributed by atoms with van der Waals surface area (Å²) in [6.45, 7) is 3.78. The molecule has 9 nitrogen and oxygen atoms in total. The van der Waals surface area contributed by atoms with Crippen LogP contribution in [0.1, 0.15) is 258 Å². The first-order valence-corrected chi connectivity index (χ1v) is 28.4. The monoisotopic (exact) mass is 946 g/mol. The number of hydrogen-bond acceptors (Lipinski definition) is 8. The van der Waals surface area contributed by atoms with Gasteiger partial charge in [-0.15, -0.1) is 0 Å². The summed E-state index contributed by atoms with van der Waals surface area (Å²) in [4.78, 5) is 13.0. The van der Waals surface area contributed by atoms with E-state index in [0.717, 1.165) is 57.8 Å². The predicted molar refractivity (Wildman–Crippen MR) is 281 cm³/mol. The Hall–Kier alpha value is -1.85. The van der Waals surface area contributed by atoms with Crippen molar-refractivity contribution in [1.29, 1.82) is 0 Å². The molecule has 0 aromatic heterocycles. The number of allylic oxidation sites excluding steroid dienone is 7. The zero-order chi connectivity index (χ0) is 48.7. The van der Waals surface area contributed by atoms with Crippen LogP contribution in [0.2, 0.25) is 0 Å². The van der Waals surface area contributed by atoms with Gasteiger partial charge in [-0.25, -0.2) is 0 Å². The Balaban J connectivity index is 2.28. The number of amides is 1. The molecule has 1 fully saturated rings. The van der Waals surface area contributed by atoms with Crippen molar-refractivity contribution in [1.82, 2.24) is 5.32 Å². The van der Waals surface area contributed by atoms with Gasteiger partial charge in [0.25, 0.3) is 0 Å². The number of carbonyl (C=O) groups is 1. The van der Waals surface area contributed by atoms with Crippen LogP contribution >= 0.6 is 0 Å². The van der Waals surface area contributed by atoms with Gasteiger partial charge in [0.1, 0.15) is 24.4 Å². The predicted octanol–water partition coefficient (Wildman–Crippen LogP) is 13.7. The first kappa shape index (κ1) is 63.2. The molecule has 1 rings (SSSR count). The van der Waals surface area contributed by atoms with E-state index in [1.165, 1.54) is 180 Å². The molecule has 0 saturated carbocycles. The van der Waals surface area contributed by atoms with Gasteiger partial charge >= 0.3 is 0 Å². The molecule has 7 unspecified atom stereocenters. The third-order valence-corrected chi connectivity index (χ3v) is 13.4. The van der Waals surface area contributed by atoms with Crippen LogP contribution in [-0.4, -0.2) is 87.5 Å². The molecule has 1 aliphatic rings. The maximum atomic E-state index is 13.0. The van der Waals surface area contributed by atoms with E-state index in [1.54, 1.807) is 6.08 Å². The molecule has 1 aliphatic heterocycles. The second-order valence-corrected chi connectivity index (χ2v) is 19.7. The Morgan fingerprint density at radius 1 is 0.507 bits per heavy atom. The van der Waals surface area contributed by atoms with Crippen LogP contribution in [0.5, 0.6) is 0 Å². The number of nitrogens with one attached hydrogen (secondary N) is 1. The highest BCUT2D eigenvalue weighted by Crippen LogP contribution is 2.23. The summed E-state index contributed by atoms with van der Waals surface area (Å²) < 4.78 is 11.2. The molecule has 1 heterocycles. The maximum absolute atomic E-state index is 13.0. The Kier molecular flexibility index (Phi) is 45.1. The van der Waals surface area contributed by atoms with Gasteiger partial charge in [0, 0.05) is 6.42 Å². The lowest BCUT2D eigenvalue weighted by atomic mass is 9.99. The zero-order valence-electron chi connectivity index (χ0n) is 43.4. The molecule has 6 N–H and O–H groups in total. The molecule has 0 aromatic carbocycles. The van der Waals surface area contributed by atoms with Gasteiger partial charge in [-0.05, 0) is 64.2 Å². The van der Waals surface area contributed by atoms with Crippen molar-refractivity contribution in [3.05, 3.63) is 48.6 Å². The van der Waals surface area contributed by atoms with Crippen molar-refractivity contribution in [3.8, 4) is 0 Å². The molecule has 9 heteroatoms. The molecule has 0 aliphatic carbocycles. The van der Waals surface area contributed by atoms with Crippen molar-refractivity contribution in [3.63, 3.8) is 0 Å². The van der Waals surface area contributed by atoms with Gasteiger partial charge in [0.2, 0.25) is 5.91 Å². The largest absolute Gasteiger partial charge is 0.394 e. The SMILES string of the molecule is CCCCCCCCCCC/C=C\C/C=C\CCCCCCCCCC(=O)NC(COC1OC(CO)C(O)C(O)C1O)C(O)/C=C/CC/C=C/CCCCCCCCCCCCCCCCC. The highest BCUT2D eigenvalue weighted by molar-refractivity contribution is 5.76. The van der Waals surface area contributed by atoms with Crippen molar-refractivity contribution in [2.45, 2.75) is 301 Å². The molecule has 1 saturated heterocycles. The lowest BCUT2D eigenvalue weighted by Crippen LogP contribution is -2.60. The van der Waals surface area contributed by atoms with E-state index in [4.69, 9.17) is 9.47 Å². The molecule has 0 aromatic rings. The Bertz CT molecular complexity index is 1190. The van der Waals surface area contributed by atoms with Crippen LogP contribution < -0.4 is 5.32 Å². The van der Waals surface area contributed by atoms with Crippen molar-refractivity contribution in [2.24, 2.45) is 0 Å². The maximum Gasteiger partial charge on any atom is 0.220 e. The molecule has 67 heavy (non-hydrogen) atoms. The minimum Gasteiger partial charge on any atom is -0.394 e. The van der Waals surface area contributed by atoms with Crippen LogP contribution in [-0.2, 0) is 14.3 Å². The minimum atomic E-state index is -1.57. The van der Waals surface area contributed by atoms with E-state index in [1.807, 2.05) is 6.08 Å². The third-order valence-electron chi connectivity index (χ3n) is 13.4. The number of rotatable bonds is 48. The van der Waals surface area contributed by atoms with Gasteiger partial charge in [0.15, 0.2) is 6.29 Å². The fourth-order valence-electron chi connectivity index (χ4n) is 8.85. The summed E-state index contributed by atoms with van der Waals surface area (Å²) >= 11 is 0. The molecule has 392 valence electrons. The molecule has 7 atom stereocenters. The summed E-state index contributed by atoms with van der Waals surface area (Å²) in [7, 11) is 0. The normalized spacial score (nSPS) is 20.0. The van der Waals surface area contributed by atoms with Crippen molar-refractivity contribution in [2.75, 3.05) is 13.2 Å². The van der Waals surface area contributed by atoms with Gasteiger partial charge < -0.3 is 40.3 Å². The fraction of sp³-hybridized carbons (Fsp3) is 0.845. The van der Waals surface area contributed by atoms with Crippen LogP contribution in [0.4, 0.5) is 0 Å². The molecule has 0 bridgehead atoms. The van der Waals surface area contributed by atoms with Crippen LogP contribution in [0, 0.1) is 0 Å². The molecule has 0 spiro atoms. The van der Waals surface area contributed by atoms with E-state index < -0.39 is 49.5 Å². The Labute approximate surface area is 412 Å². The number of carbonyl (C=O) groups excluding carboxylic acids is 1. The van der Waals surface area contributed by atoms with Gasteiger partial charge in [-0.1, -0.05) is 236 Å². The smallest absolute Gasteiger partial charge is 0.220 e. The van der Waals surface area contributed by atoms with Crippen molar-refractivity contribution >= 4 is 5.91 Å². The number of hydrogen-bond donors (Lipinski definition) is 6. The van der Waals surface area contributed by atoms with E-state index in [-0.39, 0.29) is 12.5 Å². The molecule has 0 radical (unpaired) electrons. The van der Waals surface area contributed by atoms with E-state index >= 15 is 0 Å². The summed E-state index contributed by atoms with van der Waals surface area (Å²) in [5, 5.41) is 54.5. The minimum absolute atomic E-state index is 0.193. The highest BCUT2D eigenvalue weighted by Gasteiger charge is 2.44. The first-order chi connectivity index (χ1) is 32.8. The summed E-state index contributed by atoms with van der Waals surface area (Å²) in [6.07, 6.45) is 56.0. The average molecular weight is 946 g/mol. The van der Waals surface area contributed by atoms with Gasteiger partial charge in [-0.3, -0.25) is 4.79 Å². The first-order valence-electron chi connectivity index (χ1n) is 28.4. The average Bonchev–Trinajstić information content (AvgIpc) is 3.33. The quantitative estimate of drug-likeness (QED) is 0.0261. The van der Waals surface area contributed by atoms with E-state index in [0.29, 0.717) is 6.42 Å².